The molecule has 3 nitrogen and oxygen atoms in total. The molecule has 0 aliphatic carbocycles. The van der Waals surface area contributed by atoms with Gasteiger partial charge in [-0.3, -0.25) is 9.69 Å². The number of carbonyl (C=O) groups is 1. The summed E-state index contributed by atoms with van der Waals surface area (Å²) in [5.74, 6) is -2.13. The van der Waals surface area contributed by atoms with Crippen LogP contribution >= 0.6 is 0 Å². The molecule has 1 fully saturated rings. The molecule has 1 aliphatic rings. The van der Waals surface area contributed by atoms with Gasteiger partial charge in [-0.15, -0.1) is 0 Å². The van der Waals surface area contributed by atoms with E-state index >= 15 is 0 Å². The molecule has 0 saturated carbocycles. The monoisotopic (exact) mass is 362 g/mol. The normalized spacial score (nSPS) is 17.6. The van der Waals surface area contributed by atoms with Crippen LogP contribution in [-0.4, -0.2) is 55.4 Å². The van der Waals surface area contributed by atoms with Gasteiger partial charge in [-0.25, -0.2) is 4.39 Å². The molecule has 7 heteroatoms. The molecule has 142 valence electrons. The molecule has 1 aromatic carbocycles. The van der Waals surface area contributed by atoms with Crippen molar-refractivity contribution in [1.29, 1.82) is 0 Å². The van der Waals surface area contributed by atoms with Crippen molar-refractivity contribution in [1.82, 2.24) is 9.80 Å². The molecule has 0 N–H and O–H groups in total. The van der Waals surface area contributed by atoms with Crippen LogP contribution < -0.4 is 0 Å². The van der Waals surface area contributed by atoms with Crippen LogP contribution in [0.15, 0.2) is 18.2 Å². The number of alkyl halides is 3. The van der Waals surface area contributed by atoms with E-state index in [4.69, 9.17) is 0 Å². The lowest BCUT2D eigenvalue weighted by Crippen LogP contribution is -2.46. The number of nitrogens with zero attached hydrogens (tertiary/aromatic N) is 2. The van der Waals surface area contributed by atoms with Crippen molar-refractivity contribution in [3.63, 3.8) is 0 Å². The molecule has 1 saturated heterocycles. The fourth-order valence-corrected chi connectivity index (χ4v) is 2.74. The van der Waals surface area contributed by atoms with E-state index in [-0.39, 0.29) is 5.78 Å². The van der Waals surface area contributed by atoms with Gasteiger partial charge < -0.3 is 4.90 Å². The lowest BCUT2D eigenvalue weighted by Gasteiger charge is -2.34. The van der Waals surface area contributed by atoms with Gasteiger partial charge in [0.1, 0.15) is 11.6 Å². The molecular formula is C18H26F4N2O. The highest BCUT2D eigenvalue weighted by atomic mass is 19.4. The minimum atomic E-state index is -4.73. The van der Waals surface area contributed by atoms with Crippen molar-refractivity contribution >= 4 is 5.78 Å². The number of carbonyl (C=O) groups excluding carboxylic acids is 1. The first kappa shape index (κ1) is 21.6. The average Bonchev–Trinajstić information content (AvgIpc) is 2.54. The minimum Gasteiger partial charge on any atom is -0.304 e. The SMILES string of the molecule is CC.CC(=O)C(CN1CCN(C)CC1)c1ccc(C(F)(F)F)c(F)c1. The number of benzene rings is 1. The molecule has 0 bridgehead atoms. The molecule has 0 radical (unpaired) electrons. The summed E-state index contributed by atoms with van der Waals surface area (Å²) in [7, 11) is 2.00. The van der Waals surface area contributed by atoms with Crippen molar-refractivity contribution in [3.8, 4) is 0 Å². The molecule has 1 aromatic rings. The van der Waals surface area contributed by atoms with Gasteiger partial charge in [0.25, 0.3) is 0 Å². The largest absolute Gasteiger partial charge is 0.419 e. The zero-order valence-electron chi connectivity index (χ0n) is 15.2. The predicted octanol–water partition coefficient (Wildman–Crippen LogP) is 3.79. The quantitative estimate of drug-likeness (QED) is 0.762. The maximum atomic E-state index is 13.7. The van der Waals surface area contributed by atoms with E-state index in [2.05, 4.69) is 9.80 Å². The Labute approximate surface area is 146 Å². The highest BCUT2D eigenvalue weighted by molar-refractivity contribution is 5.83. The summed E-state index contributed by atoms with van der Waals surface area (Å²) in [6.45, 7) is 9.08. The highest BCUT2D eigenvalue weighted by Gasteiger charge is 2.34. The summed E-state index contributed by atoms with van der Waals surface area (Å²) in [6.07, 6.45) is -4.73. The van der Waals surface area contributed by atoms with Gasteiger partial charge in [0.2, 0.25) is 0 Å². The van der Waals surface area contributed by atoms with E-state index in [0.717, 1.165) is 32.2 Å². The van der Waals surface area contributed by atoms with E-state index in [1.807, 2.05) is 20.9 Å². The number of rotatable bonds is 4. The van der Waals surface area contributed by atoms with Gasteiger partial charge >= 0.3 is 6.18 Å². The van der Waals surface area contributed by atoms with Crippen LogP contribution in [0.25, 0.3) is 0 Å². The van der Waals surface area contributed by atoms with E-state index < -0.39 is 23.5 Å². The summed E-state index contributed by atoms with van der Waals surface area (Å²) < 4.78 is 51.6. The molecule has 1 unspecified atom stereocenters. The zero-order chi connectivity index (χ0) is 19.2. The van der Waals surface area contributed by atoms with Crippen molar-refractivity contribution in [2.24, 2.45) is 0 Å². The standard InChI is InChI=1S/C16H20F4N2O.C2H6/c1-11(23)13(10-22-7-5-21(2)6-8-22)12-3-4-14(15(17)9-12)16(18,19)20;1-2/h3-4,9,13H,5-8,10H2,1-2H3;1-2H3. The molecule has 2 rings (SSSR count). The van der Waals surface area contributed by atoms with E-state index in [9.17, 15) is 22.4 Å². The zero-order valence-corrected chi connectivity index (χ0v) is 15.2. The van der Waals surface area contributed by atoms with Crippen LogP contribution in [0, 0.1) is 5.82 Å². The van der Waals surface area contributed by atoms with Crippen LogP contribution in [-0.2, 0) is 11.0 Å². The molecule has 0 amide bonds. The Morgan fingerprint density at radius 1 is 1.16 bits per heavy atom. The fraction of sp³-hybridized carbons (Fsp3) is 0.611. The van der Waals surface area contributed by atoms with Gasteiger partial charge in [0.15, 0.2) is 0 Å². The van der Waals surface area contributed by atoms with Crippen LogP contribution in [0.2, 0.25) is 0 Å². The number of ketones is 1. The molecule has 1 atom stereocenters. The lowest BCUT2D eigenvalue weighted by atomic mass is 9.93. The Morgan fingerprint density at radius 2 is 1.72 bits per heavy atom. The fourth-order valence-electron chi connectivity index (χ4n) is 2.74. The van der Waals surface area contributed by atoms with Gasteiger partial charge in [0.05, 0.1) is 11.5 Å². The number of piperazine rings is 1. The Kier molecular flexibility index (Phi) is 8.02. The van der Waals surface area contributed by atoms with Gasteiger partial charge in [-0.05, 0) is 31.7 Å². The number of hydrogen-bond donors (Lipinski definition) is 0. The average molecular weight is 362 g/mol. The van der Waals surface area contributed by atoms with Crippen LogP contribution in [0.5, 0.6) is 0 Å². The second-order valence-electron chi connectivity index (χ2n) is 6.00. The second kappa shape index (κ2) is 9.29. The maximum absolute atomic E-state index is 13.7. The molecule has 1 aliphatic heterocycles. The lowest BCUT2D eigenvalue weighted by molar-refractivity contribution is -0.140. The van der Waals surface area contributed by atoms with Crippen molar-refractivity contribution in [2.45, 2.75) is 32.9 Å². The molecule has 1 heterocycles. The number of halogens is 4. The van der Waals surface area contributed by atoms with Gasteiger partial charge in [-0.1, -0.05) is 19.9 Å². The first-order valence-corrected chi connectivity index (χ1v) is 8.46. The Hall–Kier alpha value is -1.47. The summed E-state index contributed by atoms with van der Waals surface area (Å²) in [5.41, 5.74) is -1.01. The number of hydrogen-bond acceptors (Lipinski definition) is 3. The predicted molar refractivity (Wildman–Crippen MR) is 90.1 cm³/mol. The highest BCUT2D eigenvalue weighted by Crippen LogP contribution is 2.33. The molecular weight excluding hydrogens is 336 g/mol. The first-order valence-electron chi connectivity index (χ1n) is 8.46. The van der Waals surface area contributed by atoms with Gasteiger partial charge in [-0.2, -0.15) is 13.2 Å². The maximum Gasteiger partial charge on any atom is 0.419 e. The third-order valence-corrected chi connectivity index (χ3v) is 4.23. The molecule has 0 spiro atoms. The molecule has 0 aromatic heterocycles. The van der Waals surface area contributed by atoms with E-state index in [0.29, 0.717) is 18.2 Å². The smallest absolute Gasteiger partial charge is 0.304 e. The summed E-state index contributed by atoms with van der Waals surface area (Å²) >= 11 is 0. The van der Waals surface area contributed by atoms with Crippen molar-refractivity contribution < 1.29 is 22.4 Å². The first-order chi connectivity index (χ1) is 11.7. The Bertz CT molecular complexity index is 567. The third kappa shape index (κ3) is 6.08. The Balaban J connectivity index is 0.00000151. The molecule has 25 heavy (non-hydrogen) atoms. The Morgan fingerprint density at radius 3 is 2.16 bits per heavy atom. The topological polar surface area (TPSA) is 23.6 Å². The van der Waals surface area contributed by atoms with Crippen molar-refractivity contribution in [2.75, 3.05) is 39.8 Å². The van der Waals surface area contributed by atoms with Crippen molar-refractivity contribution in [3.05, 3.63) is 35.1 Å². The van der Waals surface area contributed by atoms with Crippen LogP contribution in [0.1, 0.15) is 37.8 Å². The van der Waals surface area contributed by atoms with E-state index in [1.54, 1.807) is 0 Å². The number of likely N-dealkylation sites (N-methyl/N-ethyl adjacent to an activating group) is 1. The summed E-state index contributed by atoms with van der Waals surface area (Å²) in [6, 6.07) is 2.75. The van der Waals surface area contributed by atoms with Gasteiger partial charge in [0, 0.05) is 32.7 Å². The van der Waals surface area contributed by atoms with Crippen LogP contribution in [0.3, 0.4) is 0 Å². The van der Waals surface area contributed by atoms with Crippen LogP contribution in [0.4, 0.5) is 17.6 Å². The minimum absolute atomic E-state index is 0.178. The summed E-state index contributed by atoms with van der Waals surface area (Å²) in [4.78, 5) is 16.1. The number of Topliss-reactive ketones (excluding diaryl/α,β-unsaturated/α-hetero) is 1. The summed E-state index contributed by atoms with van der Waals surface area (Å²) in [5, 5.41) is 0. The van der Waals surface area contributed by atoms with E-state index in [1.165, 1.54) is 13.0 Å². The third-order valence-electron chi connectivity index (χ3n) is 4.23. The second-order valence-corrected chi connectivity index (χ2v) is 6.00.